The third kappa shape index (κ3) is 4.44. The van der Waals surface area contributed by atoms with E-state index in [9.17, 15) is 4.39 Å². The van der Waals surface area contributed by atoms with Gasteiger partial charge in [-0.25, -0.2) is 4.39 Å². The van der Waals surface area contributed by atoms with E-state index in [1.807, 2.05) is 13.0 Å². The minimum Gasteiger partial charge on any atom is -0.383 e. The molecule has 0 saturated heterocycles. The fraction of sp³-hybridized carbons (Fsp3) is 0.571. The fourth-order valence-electron chi connectivity index (χ4n) is 1.77. The minimum atomic E-state index is -0.177. The molecule has 0 fully saturated rings. The second-order valence-electron chi connectivity index (χ2n) is 4.76. The van der Waals surface area contributed by atoms with Gasteiger partial charge in [0.1, 0.15) is 5.82 Å². The molecule has 0 aliphatic carbocycles. The number of benzene rings is 1. The van der Waals surface area contributed by atoms with Gasteiger partial charge in [-0.05, 0) is 36.1 Å². The van der Waals surface area contributed by atoms with Crippen LogP contribution in [0.4, 0.5) is 4.39 Å². The second kappa shape index (κ2) is 6.72. The number of methoxy groups -OCH3 is 1. The highest BCUT2D eigenvalue weighted by molar-refractivity contribution is 5.26. The first-order chi connectivity index (χ1) is 8.04. The molecule has 0 aromatic heterocycles. The summed E-state index contributed by atoms with van der Waals surface area (Å²) in [6.45, 7) is 7.69. The van der Waals surface area contributed by atoms with E-state index < -0.39 is 0 Å². The predicted molar refractivity (Wildman–Crippen MR) is 68.5 cm³/mol. The van der Waals surface area contributed by atoms with Crippen molar-refractivity contribution in [3.63, 3.8) is 0 Å². The van der Waals surface area contributed by atoms with E-state index in [4.69, 9.17) is 4.74 Å². The van der Waals surface area contributed by atoms with Crippen LogP contribution in [0, 0.1) is 18.7 Å². The van der Waals surface area contributed by atoms with Gasteiger partial charge in [0.15, 0.2) is 0 Å². The molecule has 1 unspecified atom stereocenters. The van der Waals surface area contributed by atoms with Crippen molar-refractivity contribution >= 4 is 0 Å². The van der Waals surface area contributed by atoms with Crippen molar-refractivity contribution in [1.29, 1.82) is 0 Å². The zero-order chi connectivity index (χ0) is 12.8. The van der Waals surface area contributed by atoms with Crippen LogP contribution in [-0.4, -0.2) is 19.8 Å². The normalized spacial score (nSPS) is 13.1. The molecule has 17 heavy (non-hydrogen) atoms. The van der Waals surface area contributed by atoms with Gasteiger partial charge in [-0.1, -0.05) is 19.9 Å². The van der Waals surface area contributed by atoms with Gasteiger partial charge in [-0.15, -0.1) is 0 Å². The monoisotopic (exact) mass is 239 g/mol. The van der Waals surface area contributed by atoms with E-state index in [2.05, 4.69) is 19.2 Å². The van der Waals surface area contributed by atoms with Crippen LogP contribution in [0.25, 0.3) is 0 Å². The average Bonchev–Trinajstić information content (AvgIpc) is 2.25. The molecule has 0 heterocycles. The van der Waals surface area contributed by atoms with Crippen molar-refractivity contribution in [3.8, 4) is 0 Å². The Balaban J connectivity index is 2.59. The number of ether oxygens (including phenoxy) is 1. The summed E-state index contributed by atoms with van der Waals surface area (Å²) in [6.07, 6.45) is 0. The van der Waals surface area contributed by atoms with E-state index in [0.29, 0.717) is 18.6 Å². The molecule has 1 aromatic carbocycles. The Morgan fingerprint density at radius 2 is 2.06 bits per heavy atom. The molecule has 2 nitrogen and oxygen atoms in total. The van der Waals surface area contributed by atoms with E-state index in [0.717, 1.165) is 17.7 Å². The molecule has 1 atom stereocenters. The Kier molecular flexibility index (Phi) is 5.59. The Hall–Kier alpha value is -0.930. The second-order valence-corrected chi connectivity index (χ2v) is 4.76. The minimum absolute atomic E-state index is 0.177. The molecule has 96 valence electrons. The van der Waals surface area contributed by atoms with Gasteiger partial charge in [0.25, 0.3) is 0 Å². The summed E-state index contributed by atoms with van der Waals surface area (Å²) < 4.78 is 18.1. The summed E-state index contributed by atoms with van der Waals surface area (Å²) in [4.78, 5) is 0. The summed E-state index contributed by atoms with van der Waals surface area (Å²) in [7, 11) is 1.71. The van der Waals surface area contributed by atoms with Gasteiger partial charge in [0, 0.05) is 19.7 Å². The summed E-state index contributed by atoms with van der Waals surface area (Å²) in [6, 6.07) is 5.23. The van der Waals surface area contributed by atoms with E-state index >= 15 is 0 Å². The van der Waals surface area contributed by atoms with Crippen molar-refractivity contribution in [3.05, 3.63) is 35.1 Å². The van der Waals surface area contributed by atoms with Crippen molar-refractivity contribution < 1.29 is 9.13 Å². The summed E-state index contributed by atoms with van der Waals surface area (Å²) in [5.74, 6) is 0.333. The number of aryl methyl sites for hydroxylation is 1. The van der Waals surface area contributed by atoms with E-state index in [1.165, 1.54) is 6.07 Å². The Bertz CT molecular complexity index is 352. The maximum atomic E-state index is 13.0. The highest BCUT2D eigenvalue weighted by Crippen LogP contribution is 2.11. The Labute approximate surface area is 103 Å². The lowest BCUT2D eigenvalue weighted by Gasteiger charge is -2.22. The number of hydrogen-bond acceptors (Lipinski definition) is 2. The van der Waals surface area contributed by atoms with Crippen LogP contribution < -0.4 is 5.32 Å². The lowest BCUT2D eigenvalue weighted by atomic mass is 10.0. The van der Waals surface area contributed by atoms with Crippen LogP contribution in [0.2, 0.25) is 0 Å². The van der Waals surface area contributed by atoms with Gasteiger partial charge in [0.05, 0.1) is 6.61 Å². The molecule has 0 radical (unpaired) electrons. The molecule has 0 aliphatic heterocycles. The van der Waals surface area contributed by atoms with Crippen LogP contribution in [0.15, 0.2) is 18.2 Å². The zero-order valence-corrected chi connectivity index (χ0v) is 11.1. The first-order valence-corrected chi connectivity index (χ1v) is 6.02. The third-order valence-electron chi connectivity index (χ3n) is 3.01. The highest BCUT2D eigenvalue weighted by atomic mass is 19.1. The van der Waals surface area contributed by atoms with Crippen LogP contribution in [0.3, 0.4) is 0 Å². The fourth-order valence-corrected chi connectivity index (χ4v) is 1.77. The SMILES string of the molecule is COCC(NCc1ccc(F)cc1C)C(C)C. The van der Waals surface area contributed by atoms with Crippen LogP contribution in [0.1, 0.15) is 25.0 Å². The van der Waals surface area contributed by atoms with Crippen molar-refractivity contribution in [2.75, 3.05) is 13.7 Å². The smallest absolute Gasteiger partial charge is 0.123 e. The molecule has 0 bridgehead atoms. The topological polar surface area (TPSA) is 21.3 Å². The van der Waals surface area contributed by atoms with Gasteiger partial charge in [0.2, 0.25) is 0 Å². The predicted octanol–water partition coefficient (Wildman–Crippen LogP) is 2.89. The van der Waals surface area contributed by atoms with Crippen molar-refractivity contribution in [2.24, 2.45) is 5.92 Å². The first-order valence-electron chi connectivity index (χ1n) is 6.02. The molecular formula is C14H22FNO. The largest absolute Gasteiger partial charge is 0.383 e. The number of nitrogens with one attached hydrogen (secondary N) is 1. The molecule has 1 N–H and O–H groups in total. The van der Waals surface area contributed by atoms with Gasteiger partial charge < -0.3 is 10.1 Å². The number of rotatable bonds is 6. The number of hydrogen-bond donors (Lipinski definition) is 1. The molecule has 1 rings (SSSR count). The summed E-state index contributed by atoms with van der Waals surface area (Å²) in [5.41, 5.74) is 2.12. The number of halogens is 1. The third-order valence-corrected chi connectivity index (χ3v) is 3.01. The maximum Gasteiger partial charge on any atom is 0.123 e. The molecule has 1 aromatic rings. The van der Waals surface area contributed by atoms with Crippen LogP contribution in [-0.2, 0) is 11.3 Å². The van der Waals surface area contributed by atoms with Crippen LogP contribution in [0.5, 0.6) is 0 Å². The Morgan fingerprint density at radius 1 is 1.35 bits per heavy atom. The van der Waals surface area contributed by atoms with Crippen LogP contribution >= 0.6 is 0 Å². The van der Waals surface area contributed by atoms with Gasteiger partial charge in [-0.2, -0.15) is 0 Å². The lowest BCUT2D eigenvalue weighted by molar-refractivity contribution is 0.146. The van der Waals surface area contributed by atoms with E-state index in [-0.39, 0.29) is 5.82 Å². The summed E-state index contributed by atoms with van der Waals surface area (Å²) >= 11 is 0. The Morgan fingerprint density at radius 3 is 2.59 bits per heavy atom. The van der Waals surface area contributed by atoms with Gasteiger partial charge >= 0.3 is 0 Å². The molecule has 0 saturated carbocycles. The van der Waals surface area contributed by atoms with Gasteiger partial charge in [-0.3, -0.25) is 0 Å². The molecular weight excluding hydrogens is 217 g/mol. The molecule has 0 aliphatic rings. The highest BCUT2D eigenvalue weighted by Gasteiger charge is 2.12. The summed E-state index contributed by atoms with van der Waals surface area (Å²) in [5, 5.41) is 3.45. The van der Waals surface area contributed by atoms with E-state index in [1.54, 1.807) is 13.2 Å². The maximum absolute atomic E-state index is 13.0. The quantitative estimate of drug-likeness (QED) is 0.824. The lowest BCUT2D eigenvalue weighted by Crippen LogP contribution is -2.37. The molecule has 3 heteroatoms. The first kappa shape index (κ1) is 14.1. The van der Waals surface area contributed by atoms with Crippen molar-refractivity contribution in [2.45, 2.75) is 33.4 Å². The molecule has 0 amide bonds. The standard InChI is InChI=1S/C14H22FNO/c1-10(2)14(9-17-4)16-8-12-5-6-13(15)7-11(12)3/h5-7,10,14,16H,8-9H2,1-4H3. The zero-order valence-electron chi connectivity index (χ0n) is 11.1. The molecule has 0 spiro atoms. The van der Waals surface area contributed by atoms with Crippen molar-refractivity contribution in [1.82, 2.24) is 5.32 Å². The average molecular weight is 239 g/mol.